The summed E-state index contributed by atoms with van der Waals surface area (Å²) in [5.41, 5.74) is 4.76. The van der Waals surface area contributed by atoms with Crippen molar-refractivity contribution < 1.29 is 14.0 Å². The van der Waals surface area contributed by atoms with E-state index < -0.39 is 10.7 Å². The number of halogens is 1. The molecular weight excluding hydrogens is 423 g/mol. The maximum Gasteiger partial charge on any atom is 0.268 e. The van der Waals surface area contributed by atoms with E-state index in [1.165, 1.54) is 23.9 Å². The molecule has 6 heteroatoms. The first-order chi connectivity index (χ1) is 15.4. The van der Waals surface area contributed by atoms with E-state index >= 15 is 0 Å². The van der Waals surface area contributed by atoms with Crippen LogP contribution in [0.15, 0.2) is 66.7 Å². The average Bonchev–Trinajstić information content (AvgIpc) is 3.32. The minimum Gasteiger partial charge on any atom is -0.311 e. The van der Waals surface area contributed by atoms with Gasteiger partial charge in [-0.3, -0.25) is 9.59 Å². The number of amides is 2. The molecule has 0 N–H and O–H groups in total. The van der Waals surface area contributed by atoms with Crippen molar-refractivity contribution in [2.24, 2.45) is 0 Å². The van der Waals surface area contributed by atoms with Crippen LogP contribution in [0.1, 0.15) is 32.6 Å². The van der Waals surface area contributed by atoms with E-state index in [-0.39, 0.29) is 11.8 Å². The van der Waals surface area contributed by atoms with E-state index in [1.807, 2.05) is 56.3 Å². The van der Waals surface area contributed by atoms with Crippen LogP contribution in [0.3, 0.4) is 0 Å². The van der Waals surface area contributed by atoms with Crippen LogP contribution in [0.5, 0.6) is 0 Å². The zero-order valence-corrected chi connectivity index (χ0v) is 18.8. The molecule has 2 heterocycles. The van der Waals surface area contributed by atoms with Gasteiger partial charge in [-0.25, -0.2) is 4.39 Å². The number of rotatable bonds is 3. The highest BCUT2D eigenvalue weighted by atomic mass is 32.2. The second kappa shape index (κ2) is 7.78. The van der Waals surface area contributed by atoms with E-state index in [9.17, 15) is 14.0 Å². The Kier molecular flexibility index (Phi) is 5.05. The van der Waals surface area contributed by atoms with Crippen LogP contribution in [0.4, 0.5) is 10.1 Å². The molecule has 0 radical (unpaired) electrons. The number of nitrogens with zero attached hydrogens (tertiary/aromatic N) is 2. The van der Waals surface area contributed by atoms with Gasteiger partial charge in [0.25, 0.3) is 11.8 Å². The lowest BCUT2D eigenvalue weighted by Crippen LogP contribution is -2.50. The Bertz CT molecular complexity index is 1230. The van der Waals surface area contributed by atoms with Crippen LogP contribution in [0, 0.1) is 19.7 Å². The number of hydrogen-bond acceptors (Lipinski definition) is 3. The van der Waals surface area contributed by atoms with Crippen molar-refractivity contribution in [1.82, 2.24) is 4.90 Å². The molecule has 2 aliphatic heterocycles. The van der Waals surface area contributed by atoms with Crippen LogP contribution in [0.25, 0.3) is 0 Å². The molecule has 3 aromatic carbocycles. The number of carbonyl (C=O) groups is 2. The number of carbonyl (C=O) groups excluding carboxylic acids is 2. The molecule has 1 atom stereocenters. The first-order valence-corrected chi connectivity index (χ1v) is 11.6. The summed E-state index contributed by atoms with van der Waals surface area (Å²) >= 11 is 1.41. The van der Waals surface area contributed by atoms with Gasteiger partial charge in [0.05, 0.1) is 12.2 Å². The molecule has 4 nitrogen and oxygen atoms in total. The van der Waals surface area contributed by atoms with Crippen molar-refractivity contribution in [2.75, 3.05) is 17.2 Å². The maximum absolute atomic E-state index is 14.4. The van der Waals surface area contributed by atoms with E-state index in [4.69, 9.17) is 0 Å². The predicted octanol–water partition coefficient (Wildman–Crippen LogP) is 5.03. The third kappa shape index (κ3) is 3.13. The zero-order chi connectivity index (χ0) is 22.5. The van der Waals surface area contributed by atoms with Gasteiger partial charge in [-0.2, -0.15) is 0 Å². The van der Waals surface area contributed by atoms with E-state index in [0.29, 0.717) is 35.7 Å². The molecule has 0 aromatic heterocycles. The van der Waals surface area contributed by atoms with Gasteiger partial charge in [-0.15, -0.1) is 11.8 Å². The number of anilines is 1. The molecule has 0 bridgehead atoms. The highest BCUT2D eigenvalue weighted by Gasteiger charge is 2.59. The molecule has 0 aliphatic carbocycles. The smallest absolute Gasteiger partial charge is 0.268 e. The minimum atomic E-state index is -1.25. The highest BCUT2D eigenvalue weighted by molar-refractivity contribution is 8.01. The predicted molar refractivity (Wildman–Crippen MR) is 125 cm³/mol. The molecule has 0 saturated carbocycles. The quantitative estimate of drug-likeness (QED) is 0.567. The van der Waals surface area contributed by atoms with Crippen LogP contribution in [-0.4, -0.2) is 29.0 Å². The molecular formula is C26H23FN2O2S. The van der Waals surface area contributed by atoms with Crippen LogP contribution in [0.2, 0.25) is 0 Å². The molecule has 2 amide bonds. The van der Waals surface area contributed by atoms with E-state index in [1.54, 1.807) is 21.9 Å². The second-order valence-corrected chi connectivity index (χ2v) is 9.59. The third-order valence-electron chi connectivity index (χ3n) is 6.24. The number of fused-ring (bicyclic) bond motifs is 2. The molecule has 5 rings (SSSR count). The third-order valence-corrected chi connectivity index (χ3v) is 7.66. The van der Waals surface area contributed by atoms with Crippen molar-refractivity contribution in [1.29, 1.82) is 0 Å². The Hall–Kier alpha value is -3.12. The van der Waals surface area contributed by atoms with Gasteiger partial charge < -0.3 is 9.80 Å². The minimum absolute atomic E-state index is 0.192. The number of hydrogen-bond donors (Lipinski definition) is 0. The molecule has 3 aromatic rings. The fraction of sp³-hybridized carbons (Fsp3) is 0.231. The molecule has 0 unspecified atom stereocenters. The number of thioether (sulfide) groups is 1. The lowest BCUT2D eigenvalue weighted by atomic mass is 10.0. The van der Waals surface area contributed by atoms with Crippen molar-refractivity contribution in [2.45, 2.75) is 25.3 Å². The number of aryl methyl sites for hydroxylation is 2. The summed E-state index contributed by atoms with van der Waals surface area (Å²) in [6.07, 6.45) is 0. The Morgan fingerprint density at radius 1 is 1.06 bits per heavy atom. The van der Waals surface area contributed by atoms with Crippen LogP contribution in [-0.2, 0) is 16.2 Å². The monoisotopic (exact) mass is 446 g/mol. The fourth-order valence-corrected chi connectivity index (χ4v) is 6.03. The zero-order valence-electron chi connectivity index (χ0n) is 18.0. The molecule has 1 spiro atoms. The van der Waals surface area contributed by atoms with Crippen LogP contribution < -0.4 is 4.90 Å². The summed E-state index contributed by atoms with van der Waals surface area (Å²) in [6, 6.07) is 19.8. The number of benzene rings is 3. The van der Waals surface area contributed by atoms with E-state index in [0.717, 1.165) is 16.7 Å². The van der Waals surface area contributed by atoms with Gasteiger partial charge >= 0.3 is 0 Å². The topological polar surface area (TPSA) is 40.6 Å². The summed E-state index contributed by atoms with van der Waals surface area (Å²) in [7, 11) is 0. The van der Waals surface area contributed by atoms with E-state index in [2.05, 4.69) is 0 Å². The first kappa shape index (κ1) is 20.8. The highest BCUT2D eigenvalue weighted by Crippen LogP contribution is 2.55. The van der Waals surface area contributed by atoms with Crippen molar-refractivity contribution in [3.8, 4) is 0 Å². The Labute approximate surface area is 191 Å². The van der Waals surface area contributed by atoms with Gasteiger partial charge in [-0.1, -0.05) is 48.0 Å². The van der Waals surface area contributed by atoms with Gasteiger partial charge in [-0.05, 0) is 49.2 Å². The lowest BCUT2D eigenvalue weighted by Gasteiger charge is -2.33. The van der Waals surface area contributed by atoms with Gasteiger partial charge in [0.1, 0.15) is 5.82 Å². The maximum atomic E-state index is 14.4. The van der Waals surface area contributed by atoms with Gasteiger partial charge in [0, 0.05) is 23.4 Å². The first-order valence-electron chi connectivity index (χ1n) is 10.6. The molecule has 162 valence electrons. The average molecular weight is 447 g/mol. The molecule has 2 aliphatic rings. The normalized spacial score (nSPS) is 19.7. The summed E-state index contributed by atoms with van der Waals surface area (Å²) in [5, 5.41) is 0. The SMILES string of the molecule is Cc1ccc(CN2C(=O)[C@@]3(SCCN3C(=O)c3ccccc3C)c3cc(F)ccc32)cc1. The summed E-state index contributed by atoms with van der Waals surface area (Å²) in [5.74, 6) is -0.196. The van der Waals surface area contributed by atoms with Crippen LogP contribution >= 0.6 is 11.8 Å². The summed E-state index contributed by atoms with van der Waals surface area (Å²) in [4.78, 5) is 29.7. The summed E-state index contributed by atoms with van der Waals surface area (Å²) in [6.45, 7) is 4.70. The fourth-order valence-electron chi connectivity index (χ4n) is 4.58. The van der Waals surface area contributed by atoms with Crippen molar-refractivity contribution in [3.63, 3.8) is 0 Å². The molecule has 32 heavy (non-hydrogen) atoms. The van der Waals surface area contributed by atoms with Gasteiger partial charge in [0.2, 0.25) is 0 Å². The second-order valence-electron chi connectivity index (χ2n) is 8.30. The Morgan fingerprint density at radius 3 is 2.56 bits per heavy atom. The summed E-state index contributed by atoms with van der Waals surface area (Å²) < 4.78 is 14.4. The Balaban J connectivity index is 1.60. The van der Waals surface area contributed by atoms with Crippen molar-refractivity contribution >= 4 is 29.3 Å². The molecule has 1 fully saturated rings. The lowest BCUT2D eigenvalue weighted by molar-refractivity contribution is -0.123. The standard InChI is InChI=1S/C26H23FN2O2S/c1-17-7-9-19(10-8-17)16-28-23-12-11-20(27)15-22(23)26(25(28)31)29(13-14-32-26)24(30)21-6-4-3-5-18(21)2/h3-12,15H,13-14,16H2,1-2H3/t26-/m0/s1. The largest absolute Gasteiger partial charge is 0.311 e. The molecule has 1 saturated heterocycles. The van der Waals surface area contributed by atoms with Crippen molar-refractivity contribution in [3.05, 3.63) is 100 Å². The Morgan fingerprint density at radius 2 is 1.81 bits per heavy atom. The van der Waals surface area contributed by atoms with Gasteiger partial charge in [0.15, 0.2) is 4.87 Å².